The molecule has 0 bridgehead atoms. The minimum Gasteiger partial charge on any atom is -0.508 e. The van der Waals surface area contributed by atoms with Crippen molar-refractivity contribution in [2.24, 2.45) is 0 Å². The van der Waals surface area contributed by atoms with Crippen LogP contribution in [0.4, 0.5) is 9.18 Å². The molecule has 27 heavy (non-hydrogen) atoms. The SMILES string of the molecule is O=C(NCCc1cccc(F)c1)N(Cc1ccccc1O)CC1CCCO1. The van der Waals surface area contributed by atoms with Crippen LogP contribution in [0.1, 0.15) is 24.0 Å². The Kier molecular flexibility index (Phi) is 6.65. The van der Waals surface area contributed by atoms with Crippen LogP contribution in [0.3, 0.4) is 0 Å². The van der Waals surface area contributed by atoms with Gasteiger partial charge in [0.2, 0.25) is 0 Å². The molecule has 0 spiro atoms. The zero-order chi connectivity index (χ0) is 19.1. The third-order valence-electron chi connectivity index (χ3n) is 4.67. The van der Waals surface area contributed by atoms with Gasteiger partial charge in [0.25, 0.3) is 0 Å². The summed E-state index contributed by atoms with van der Waals surface area (Å²) in [5.41, 5.74) is 1.53. The van der Waals surface area contributed by atoms with Gasteiger partial charge in [-0.3, -0.25) is 0 Å². The highest BCUT2D eigenvalue weighted by Crippen LogP contribution is 2.20. The van der Waals surface area contributed by atoms with Gasteiger partial charge in [0.05, 0.1) is 12.6 Å². The van der Waals surface area contributed by atoms with E-state index < -0.39 is 0 Å². The number of hydrogen-bond donors (Lipinski definition) is 2. The van der Waals surface area contributed by atoms with Gasteiger partial charge in [-0.1, -0.05) is 30.3 Å². The third-order valence-corrected chi connectivity index (χ3v) is 4.67. The molecular formula is C21H25FN2O3. The van der Waals surface area contributed by atoms with Gasteiger partial charge >= 0.3 is 6.03 Å². The summed E-state index contributed by atoms with van der Waals surface area (Å²) in [5, 5.41) is 12.9. The Hall–Kier alpha value is -2.60. The van der Waals surface area contributed by atoms with Gasteiger partial charge in [-0.15, -0.1) is 0 Å². The van der Waals surface area contributed by atoms with Crippen LogP contribution in [0, 0.1) is 5.82 Å². The predicted molar refractivity (Wildman–Crippen MR) is 101 cm³/mol. The number of phenols is 1. The number of carbonyl (C=O) groups is 1. The summed E-state index contributed by atoms with van der Waals surface area (Å²) in [4.78, 5) is 14.4. The smallest absolute Gasteiger partial charge is 0.317 e. The van der Waals surface area contributed by atoms with Crippen molar-refractivity contribution in [3.8, 4) is 5.75 Å². The number of carbonyl (C=O) groups excluding carboxylic acids is 1. The number of nitrogens with one attached hydrogen (secondary N) is 1. The maximum absolute atomic E-state index is 13.3. The van der Waals surface area contributed by atoms with Crippen molar-refractivity contribution in [1.29, 1.82) is 0 Å². The fraction of sp³-hybridized carbons (Fsp3) is 0.381. The maximum Gasteiger partial charge on any atom is 0.317 e. The molecule has 1 fully saturated rings. The number of rotatable bonds is 7. The van der Waals surface area contributed by atoms with Gasteiger partial charge in [0.1, 0.15) is 11.6 Å². The second kappa shape index (κ2) is 9.37. The van der Waals surface area contributed by atoms with Crippen LogP contribution in [0.25, 0.3) is 0 Å². The number of benzene rings is 2. The largest absolute Gasteiger partial charge is 0.508 e. The average molecular weight is 372 g/mol. The molecule has 2 N–H and O–H groups in total. The van der Waals surface area contributed by atoms with Crippen LogP contribution in [-0.2, 0) is 17.7 Å². The quantitative estimate of drug-likeness (QED) is 0.782. The summed E-state index contributed by atoms with van der Waals surface area (Å²) in [6.07, 6.45) is 2.49. The minimum absolute atomic E-state index is 0.0184. The molecule has 3 rings (SSSR count). The number of urea groups is 1. The molecular weight excluding hydrogens is 347 g/mol. The lowest BCUT2D eigenvalue weighted by Gasteiger charge is -2.26. The highest BCUT2D eigenvalue weighted by molar-refractivity contribution is 5.74. The monoisotopic (exact) mass is 372 g/mol. The Bertz CT molecular complexity index is 763. The summed E-state index contributed by atoms with van der Waals surface area (Å²) in [6, 6.07) is 13.2. The minimum atomic E-state index is -0.279. The summed E-state index contributed by atoms with van der Waals surface area (Å²) in [5.74, 6) is -0.110. The molecule has 1 saturated heterocycles. The lowest BCUT2D eigenvalue weighted by Crippen LogP contribution is -2.43. The predicted octanol–water partition coefficient (Wildman–Crippen LogP) is 3.46. The van der Waals surface area contributed by atoms with Gasteiger partial charge in [0.15, 0.2) is 0 Å². The van der Waals surface area contributed by atoms with E-state index in [0.717, 1.165) is 25.0 Å². The van der Waals surface area contributed by atoms with Crippen LogP contribution >= 0.6 is 0 Å². The highest BCUT2D eigenvalue weighted by Gasteiger charge is 2.23. The van der Waals surface area contributed by atoms with Gasteiger partial charge < -0.3 is 20.1 Å². The fourth-order valence-electron chi connectivity index (χ4n) is 3.22. The van der Waals surface area contributed by atoms with E-state index in [9.17, 15) is 14.3 Å². The zero-order valence-electron chi connectivity index (χ0n) is 15.2. The van der Waals surface area contributed by atoms with Crippen molar-refractivity contribution >= 4 is 6.03 Å². The second-order valence-electron chi connectivity index (χ2n) is 6.76. The van der Waals surface area contributed by atoms with E-state index in [4.69, 9.17) is 4.74 Å². The van der Waals surface area contributed by atoms with Gasteiger partial charge in [-0.05, 0) is 43.0 Å². The number of halogens is 1. The molecule has 1 heterocycles. The van der Waals surface area contributed by atoms with Crippen molar-refractivity contribution in [3.05, 3.63) is 65.5 Å². The van der Waals surface area contributed by atoms with Gasteiger partial charge in [-0.25, -0.2) is 9.18 Å². The Morgan fingerprint density at radius 1 is 1.26 bits per heavy atom. The van der Waals surface area contributed by atoms with Gasteiger partial charge in [-0.2, -0.15) is 0 Å². The molecule has 2 amide bonds. The first-order valence-electron chi connectivity index (χ1n) is 9.27. The molecule has 0 aliphatic carbocycles. The van der Waals surface area contributed by atoms with Crippen molar-refractivity contribution in [1.82, 2.24) is 10.2 Å². The molecule has 1 atom stereocenters. The third kappa shape index (κ3) is 5.69. The Morgan fingerprint density at radius 3 is 2.85 bits per heavy atom. The highest BCUT2D eigenvalue weighted by atomic mass is 19.1. The summed E-state index contributed by atoms with van der Waals surface area (Å²) in [7, 11) is 0. The van der Waals surface area contributed by atoms with Crippen molar-refractivity contribution in [3.63, 3.8) is 0 Å². The number of aromatic hydroxyl groups is 1. The second-order valence-corrected chi connectivity index (χ2v) is 6.76. The van der Waals surface area contributed by atoms with Crippen LogP contribution in [0.15, 0.2) is 48.5 Å². The molecule has 1 unspecified atom stereocenters. The van der Waals surface area contributed by atoms with Crippen LogP contribution in [0.5, 0.6) is 5.75 Å². The van der Waals surface area contributed by atoms with E-state index in [1.54, 1.807) is 29.2 Å². The number of para-hydroxylation sites is 1. The standard InChI is InChI=1S/C21H25FN2O3/c22-18-7-3-5-16(13-18)10-11-23-21(26)24(15-19-8-4-12-27-19)14-17-6-1-2-9-20(17)25/h1-3,5-7,9,13,19,25H,4,8,10-12,14-15H2,(H,23,26). The van der Waals surface area contributed by atoms with Crippen LogP contribution < -0.4 is 5.32 Å². The van der Waals surface area contributed by atoms with E-state index in [-0.39, 0.29) is 23.7 Å². The molecule has 1 aliphatic rings. The average Bonchev–Trinajstić information content (AvgIpc) is 3.16. The van der Waals surface area contributed by atoms with E-state index in [1.165, 1.54) is 12.1 Å². The van der Waals surface area contributed by atoms with Crippen molar-refractivity contribution in [2.45, 2.75) is 31.9 Å². The topological polar surface area (TPSA) is 61.8 Å². The molecule has 2 aromatic rings. The Morgan fingerprint density at radius 2 is 2.11 bits per heavy atom. The first-order valence-corrected chi connectivity index (χ1v) is 9.27. The van der Waals surface area contributed by atoms with Gasteiger partial charge in [0, 0.05) is 25.3 Å². The molecule has 0 aromatic heterocycles. The summed E-state index contributed by atoms with van der Waals surface area (Å²) >= 11 is 0. The number of amides is 2. The Balaban J connectivity index is 1.60. The van der Waals surface area contributed by atoms with Crippen molar-refractivity contribution in [2.75, 3.05) is 19.7 Å². The normalized spacial score (nSPS) is 16.3. The number of ether oxygens (including phenoxy) is 1. The Labute approximate surface area is 158 Å². The molecule has 6 heteroatoms. The summed E-state index contributed by atoms with van der Waals surface area (Å²) in [6.45, 7) is 1.90. The van der Waals surface area contributed by atoms with E-state index in [2.05, 4.69) is 5.32 Å². The number of phenolic OH excluding ortho intramolecular Hbond substituents is 1. The first kappa shape index (κ1) is 19.2. The molecule has 5 nitrogen and oxygen atoms in total. The van der Waals surface area contributed by atoms with Crippen LogP contribution in [0.2, 0.25) is 0 Å². The fourth-order valence-corrected chi connectivity index (χ4v) is 3.22. The molecule has 0 saturated carbocycles. The number of hydrogen-bond acceptors (Lipinski definition) is 3. The van der Waals surface area contributed by atoms with E-state index in [0.29, 0.717) is 31.6 Å². The molecule has 144 valence electrons. The first-order chi connectivity index (χ1) is 13.1. The van der Waals surface area contributed by atoms with E-state index in [1.807, 2.05) is 12.1 Å². The van der Waals surface area contributed by atoms with Crippen LogP contribution in [-0.4, -0.2) is 41.8 Å². The maximum atomic E-state index is 13.3. The molecule has 0 radical (unpaired) electrons. The van der Waals surface area contributed by atoms with Crippen molar-refractivity contribution < 1.29 is 19.0 Å². The lowest BCUT2D eigenvalue weighted by molar-refractivity contribution is 0.0793. The molecule has 1 aliphatic heterocycles. The lowest BCUT2D eigenvalue weighted by atomic mass is 10.1. The number of nitrogens with zero attached hydrogens (tertiary/aromatic N) is 1. The summed E-state index contributed by atoms with van der Waals surface area (Å²) < 4.78 is 18.9. The molecule has 2 aromatic carbocycles. The zero-order valence-corrected chi connectivity index (χ0v) is 15.2. The van der Waals surface area contributed by atoms with E-state index >= 15 is 0 Å².